The first-order valence-corrected chi connectivity index (χ1v) is 15.2. The van der Waals surface area contributed by atoms with Gasteiger partial charge in [-0.1, -0.05) is 31.6 Å². The molecule has 1 aromatic carbocycles. The first kappa shape index (κ1) is 34.4. The summed E-state index contributed by atoms with van der Waals surface area (Å²) < 4.78 is 25.7. The topological polar surface area (TPSA) is 99.6 Å². The average Bonchev–Trinajstić information content (AvgIpc) is 2.93. The van der Waals surface area contributed by atoms with Gasteiger partial charge in [-0.15, -0.1) is 0 Å². The van der Waals surface area contributed by atoms with Gasteiger partial charge in [0, 0.05) is 51.3 Å². The molecular formula is C33H48FN3O6. The van der Waals surface area contributed by atoms with E-state index in [-0.39, 0.29) is 36.2 Å². The van der Waals surface area contributed by atoms with Crippen LogP contribution in [0.4, 0.5) is 14.9 Å². The first-order valence-electron chi connectivity index (χ1n) is 15.2. The van der Waals surface area contributed by atoms with Gasteiger partial charge in [-0.25, -0.2) is 9.18 Å². The lowest BCUT2D eigenvalue weighted by Crippen LogP contribution is -2.48. The van der Waals surface area contributed by atoms with E-state index >= 15 is 0 Å². The molecule has 0 radical (unpaired) electrons. The van der Waals surface area contributed by atoms with E-state index < -0.39 is 18.1 Å². The summed E-state index contributed by atoms with van der Waals surface area (Å²) in [6.07, 6.45) is 6.45. The summed E-state index contributed by atoms with van der Waals surface area (Å²) in [6.45, 7) is 9.65. The average molecular weight is 602 g/mol. The normalized spacial score (nSPS) is 20.2. The SMILES string of the molecule is C/C(=C\c1cc(F)cc(N(C)C2COC2)c1)[C@@H](C=O)[C@@H](C)/C=C/[C@H](OC(=O)N1CCN(C)CC1)[C@@H](C)CC[C@@H](O)CC=O. The molecule has 0 unspecified atom stereocenters. The molecule has 0 aliphatic carbocycles. The zero-order valence-corrected chi connectivity index (χ0v) is 26.2. The fourth-order valence-corrected chi connectivity index (χ4v) is 5.32. The molecule has 0 spiro atoms. The fourth-order valence-electron chi connectivity index (χ4n) is 5.32. The van der Waals surface area contributed by atoms with Crippen molar-refractivity contribution in [2.24, 2.45) is 17.8 Å². The number of anilines is 1. The Labute approximate surface area is 255 Å². The number of piperazine rings is 1. The number of aliphatic hydroxyl groups excluding tert-OH is 1. The minimum Gasteiger partial charge on any atom is -0.442 e. The van der Waals surface area contributed by atoms with E-state index in [1.54, 1.807) is 4.90 Å². The fraction of sp³-hybridized carbons (Fsp3) is 0.606. The van der Waals surface area contributed by atoms with Gasteiger partial charge in [0.15, 0.2) is 0 Å². The lowest BCUT2D eigenvalue weighted by atomic mass is 9.86. The highest BCUT2D eigenvalue weighted by Crippen LogP contribution is 2.27. The highest BCUT2D eigenvalue weighted by molar-refractivity contribution is 5.69. The van der Waals surface area contributed by atoms with Crippen molar-refractivity contribution >= 4 is 30.4 Å². The van der Waals surface area contributed by atoms with E-state index in [4.69, 9.17) is 9.47 Å². The number of nitrogens with zero attached hydrogens (tertiary/aromatic N) is 3. The highest BCUT2D eigenvalue weighted by atomic mass is 19.1. The maximum atomic E-state index is 14.5. The third kappa shape index (κ3) is 10.3. The number of ether oxygens (including phenoxy) is 2. The predicted molar refractivity (Wildman–Crippen MR) is 165 cm³/mol. The van der Waals surface area contributed by atoms with E-state index in [9.17, 15) is 23.9 Å². The van der Waals surface area contributed by atoms with Crippen molar-refractivity contribution < 1.29 is 33.4 Å². The molecule has 2 fully saturated rings. The Hall–Kier alpha value is -3.08. The van der Waals surface area contributed by atoms with E-state index in [2.05, 4.69) is 4.90 Å². The molecule has 0 aromatic heterocycles. The minimum absolute atomic E-state index is 0.0655. The van der Waals surface area contributed by atoms with Crippen LogP contribution < -0.4 is 4.90 Å². The molecule has 2 aliphatic rings. The number of hydrogen-bond donors (Lipinski definition) is 1. The monoisotopic (exact) mass is 601 g/mol. The Kier molecular flexibility index (Phi) is 13.3. The molecule has 3 rings (SSSR count). The molecule has 0 saturated carbocycles. The van der Waals surface area contributed by atoms with Crippen LogP contribution in [0.5, 0.6) is 0 Å². The van der Waals surface area contributed by atoms with Crippen molar-refractivity contribution in [2.45, 2.75) is 58.3 Å². The van der Waals surface area contributed by atoms with Crippen molar-refractivity contribution in [3.63, 3.8) is 0 Å². The second kappa shape index (κ2) is 16.7. The van der Waals surface area contributed by atoms with Crippen LogP contribution in [0.3, 0.4) is 0 Å². The van der Waals surface area contributed by atoms with Crippen LogP contribution >= 0.6 is 0 Å². The number of likely N-dealkylation sites (N-methyl/N-ethyl adjacent to an activating group) is 2. The first-order chi connectivity index (χ1) is 20.5. The summed E-state index contributed by atoms with van der Waals surface area (Å²) in [6, 6.07) is 5.06. The van der Waals surface area contributed by atoms with Gasteiger partial charge in [-0.05, 0) is 68.5 Å². The van der Waals surface area contributed by atoms with Crippen molar-refractivity contribution in [3.05, 3.63) is 47.3 Å². The van der Waals surface area contributed by atoms with Gasteiger partial charge in [-0.3, -0.25) is 0 Å². The number of allylic oxidation sites excluding steroid dienone is 2. The summed E-state index contributed by atoms with van der Waals surface area (Å²) >= 11 is 0. The van der Waals surface area contributed by atoms with Crippen molar-refractivity contribution in [1.82, 2.24) is 9.80 Å². The quantitative estimate of drug-likeness (QED) is 0.236. The largest absolute Gasteiger partial charge is 0.442 e. The number of aldehydes is 2. The molecule has 0 bridgehead atoms. The summed E-state index contributed by atoms with van der Waals surface area (Å²) in [7, 11) is 3.93. The zero-order valence-electron chi connectivity index (χ0n) is 26.2. The predicted octanol–water partition coefficient (Wildman–Crippen LogP) is 4.19. The maximum Gasteiger partial charge on any atom is 0.410 e. The molecule has 10 heteroatoms. The number of aliphatic hydroxyl groups is 1. The Bertz CT molecular complexity index is 1130. The van der Waals surface area contributed by atoms with Crippen LogP contribution in [0.1, 0.15) is 45.6 Å². The van der Waals surface area contributed by atoms with Crippen LogP contribution in [0, 0.1) is 23.6 Å². The van der Waals surface area contributed by atoms with Crippen LogP contribution in [-0.4, -0.2) is 105 Å². The van der Waals surface area contributed by atoms with Gasteiger partial charge in [0.1, 0.15) is 24.5 Å². The van der Waals surface area contributed by atoms with Crippen molar-refractivity contribution in [3.8, 4) is 0 Å². The number of halogens is 1. The van der Waals surface area contributed by atoms with Gasteiger partial charge >= 0.3 is 6.09 Å². The molecule has 2 aliphatic heterocycles. The number of carbonyl (C=O) groups excluding carboxylic acids is 3. The Morgan fingerprint density at radius 3 is 2.44 bits per heavy atom. The molecular weight excluding hydrogens is 553 g/mol. The van der Waals surface area contributed by atoms with E-state index in [1.165, 1.54) is 12.1 Å². The summed E-state index contributed by atoms with van der Waals surface area (Å²) in [5.41, 5.74) is 2.21. The van der Waals surface area contributed by atoms with Crippen LogP contribution in [-0.2, 0) is 19.1 Å². The molecule has 43 heavy (non-hydrogen) atoms. The molecule has 2 saturated heterocycles. The van der Waals surface area contributed by atoms with Gasteiger partial charge in [0.2, 0.25) is 0 Å². The van der Waals surface area contributed by atoms with E-state index in [1.807, 2.05) is 64.1 Å². The Balaban J connectivity index is 1.74. The molecule has 1 aromatic rings. The van der Waals surface area contributed by atoms with Gasteiger partial charge in [0.25, 0.3) is 0 Å². The third-order valence-electron chi connectivity index (χ3n) is 8.60. The second-order valence-corrected chi connectivity index (χ2v) is 12.1. The number of amides is 1. The van der Waals surface area contributed by atoms with E-state index in [0.29, 0.717) is 51.0 Å². The van der Waals surface area contributed by atoms with Crippen LogP contribution in [0.15, 0.2) is 35.9 Å². The van der Waals surface area contributed by atoms with Gasteiger partial charge < -0.3 is 38.9 Å². The van der Waals surface area contributed by atoms with Crippen molar-refractivity contribution in [1.29, 1.82) is 0 Å². The number of rotatable bonds is 15. The molecule has 238 valence electrons. The molecule has 1 N–H and O–H groups in total. The molecule has 5 atom stereocenters. The summed E-state index contributed by atoms with van der Waals surface area (Å²) in [4.78, 5) is 41.9. The standard InChI is InChI=1S/C33H48FN3O6/c1-23(31(20-39)25(3)16-26-17-27(34)19-28(18-26)36(5)29-21-42-22-29)7-9-32(24(2)6-8-30(40)10-15-38)43-33(41)37-13-11-35(4)12-14-37/h7,9,15-20,23-24,29-32,40H,6,8,10-14,21-22H2,1-5H3/b9-7+,25-16+/t23-,24-,30+,31-,32-/m0/s1. The molecule has 9 nitrogen and oxygen atoms in total. The Morgan fingerprint density at radius 1 is 1.14 bits per heavy atom. The van der Waals surface area contributed by atoms with Gasteiger partial charge in [-0.2, -0.15) is 0 Å². The summed E-state index contributed by atoms with van der Waals surface area (Å²) in [5.74, 6) is -1.18. The number of benzene rings is 1. The summed E-state index contributed by atoms with van der Waals surface area (Å²) in [5, 5.41) is 10.1. The second-order valence-electron chi connectivity index (χ2n) is 12.1. The minimum atomic E-state index is -0.741. The van der Waals surface area contributed by atoms with Crippen LogP contribution in [0.25, 0.3) is 6.08 Å². The van der Waals surface area contributed by atoms with E-state index in [0.717, 1.165) is 30.6 Å². The lowest BCUT2D eigenvalue weighted by molar-refractivity contribution is -0.111. The van der Waals surface area contributed by atoms with Crippen molar-refractivity contribution in [2.75, 3.05) is 58.4 Å². The number of carbonyl (C=O) groups is 3. The Morgan fingerprint density at radius 2 is 1.84 bits per heavy atom. The smallest absolute Gasteiger partial charge is 0.410 e. The highest BCUT2D eigenvalue weighted by Gasteiger charge is 2.27. The number of hydrogen-bond acceptors (Lipinski definition) is 8. The molecule has 1 amide bonds. The lowest BCUT2D eigenvalue weighted by Gasteiger charge is -2.36. The zero-order chi connectivity index (χ0) is 31.5. The maximum absolute atomic E-state index is 14.5. The van der Waals surface area contributed by atoms with Gasteiger partial charge in [0.05, 0.1) is 25.4 Å². The molecule has 2 heterocycles. The van der Waals surface area contributed by atoms with Crippen LogP contribution in [0.2, 0.25) is 0 Å². The third-order valence-corrected chi connectivity index (χ3v) is 8.60.